The maximum Gasteiger partial charge on any atom is 0.418 e. The number of carbonyl (C=O) groups excluding carboxylic acids is 1. The van der Waals surface area contributed by atoms with Crippen molar-refractivity contribution >= 4 is 23.3 Å². The smallest absolute Gasteiger partial charge is 0.418 e. The summed E-state index contributed by atoms with van der Waals surface area (Å²) in [6.07, 6.45) is -1.97. The van der Waals surface area contributed by atoms with E-state index in [1.807, 2.05) is 6.92 Å². The van der Waals surface area contributed by atoms with Crippen LogP contribution in [-0.2, 0) is 11.7 Å². The van der Waals surface area contributed by atoms with Crippen molar-refractivity contribution in [3.8, 4) is 5.69 Å². The monoisotopic (exact) mass is 499 g/mol. The fourth-order valence-corrected chi connectivity index (χ4v) is 5.13. The molecule has 2 aromatic heterocycles. The largest absolute Gasteiger partial charge is 0.423 e. The first-order valence-electron chi connectivity index (χ1n) is 10.4. The van der Waals surface area contributed by atoms with Crippen molar-refractivity contribution in [1.29, 1.82) is 0 Å². The first kappa shape index (κ1) is 22.6. The summed E-state index contributed by atoms with van der Waals surface area (Å²) in [6.45, 7) is 3.68. The Morgan fingerprint density at radius 2 is 2.06 bits per heavy atom. The second-order valence-electron chi connectivity index (χ2n) is 8.66. The Hall–Kier alpha value is -3.22. The zero-order chi connectivity index (χ0) is 24.4. The highest BCUT2D eigenvalue weighted by atomic mass is 35.5. The number of nitrogens with one attached hydrogen (secondary N) is 1. The molecule has 14 heteroatoms. The number of carbonyl (C=O) groups is 1. The predicted molar refractivity (Wildman–Crippen MR) is 110 cm³/mol. The van der Waals surface area contributed by atoms with Crippen LogP contribution in [0.25, 0.3) is 5.69 Å². The number of hydrogen-bond donors (Lipinski definition) is 1. The molecule has 0 spiro atoms. The summed E-state index contributed by atoms with van der Waals surface area (Å²) in [6, 6.07) is 0.279. The van der Waals surface area contributed by atoms with Crippen LogP contribution < -0.4 is 5.32 Å². The number of fused-ring (bicyclic) bond motifs is 2. The fourth-order valence-electron chi connectivity index (χ4n) is 5.02. The highest BCUT2D eigenvalue weighted by Gasteiger charge is 2.62. The molecule has 1 aliphatic heterocycles. The minimum absolute atomic E-state index is 0.151. The van der Waals surface area contributed by atoms with Crippen LogP contribution in [0.2, 0.25) is 5.15 Å². The van der Waals surface area contributed by atoms with Gasteiger partial charge in [-0.05, 0) is 30.9 Å². The second kappa shape index (κ2) is 7.65. The van der Waals surface area contributed by atoms with Crippen molar-refractivity contribution in [2.24, 2.45) is 5.92 Å². The summed E-state index contributed by atoms with van der Waals surface area (Å²) in [5.74, 6) is -0.355. The van der Waals surface area contributed by atoms with Crippen molar-refractivity contribution in [2.75, 3.05) is 5.32 Å². The number of anilines is 1. The van der Waals surface area contributed by atoms with E-state index in [9.17, 15) is 22.4 Å². The third-order valence-corrected chi connectivity index (χ3v) is 6.39. The summed E-state index contributed by atoms with van der Waals surface area (Å²) >= 11 is 5.70. The number of rotatable bonds is 3. The summed E-state index contributed by atoms with van der Waals surface area (Å²) in [5.41, 5.74) is -3.22. The fraction of sp³-hybridized carbons (Fsp3) is 0.450. The molecule has 3 atom stereocenters. The maximum absolute atomic E-state index is 14.8. The molecule has 1 N–H and O–H groups in total. The van der Waals surface area contributed by atoms with Crippen LogP contribution >= 0.6 is 11.6 Å². The second-order valence-corrected chi connectivity index (χ2v) is 9.05. The van der Waals surface area contributed by atoms with Crippen LogP contribution in [0.3, 0.4) is 0 Å². The molecular formula is C20H18ClF4N7O2. The van der Waals surface area contributed by atoms with Crippen molar-refractivity contribution in [2.45, 2.75) is 50.9 Å². The third kappa shape index (κ3) is 3.58. The van der Waals surface area contributed by atoms with Gasteiger partial charge in [-0.25, -0.2) is 9.18 Å². The minimum Gasteiger partial charge on any atom is -0.423 e. The van der Waals surface area contributed by atoms with E-state index in [4.69, 9.17) is 16.0 Å². The Morgan fingerprint density at radius 3 is 2.68 bits per heavy atom. The lowest BCUT2D eigenvalue weighted by molar-refractivity contribution is -0.137. The van der Waals surface area contributed by atoms with Gasteiger partial charge in [-0.1, -0.05) is 18.5 Å². The molecule has 3 heterocycles. The molecule has 180 valence electrons. The van der Waals surface area contributed by atoms with Crippen molar-refractivity contribution < 1.29 is 26.8 Å². The quantitative estimate of drug-likeness (QED) is 0.524. The van der Waals surface area contributed by atoms with E-state index in [0.717, 1.165) is 18.7 Å². The molecular weight excluding hydrogens is 482 g/mol. The van der Waals surface area contributed by atoms with Gasteiger partial charge in [0.2, 0.25) is 11.8 Å². The van der Waals surface area contributed by atoms with Gasteiger partial charge in [-0.3, -0.25) is 0 Å². The van der Waals surface area contributed by atoms with E-state index in [2.05, 4.69) is 25.7 Å². The van der Waals surface area contributed by atoms with Gasteiger partial charge in [0.25, 0.3) is 0 Å². The Kier molecular flexibility index (Phi) is 5.08. The van der Waals surface area contributed by atoms with Gasteiger partial charge in [0.1, 0.15) is 17.0 Å². The van der Waals surface area contributed by atoms with Crippen LogP contribution in [0, 0.1) is 18.7 Å². The third-order valence-electron chi connectivity index (χ3n) is 6.21. The molecule has 1 saturated carbocycles. The standard InChI is InChI=1S/C20H18ClF4N7O2/c1-9-3-11-7-19(6-9,17-29-28-10(2)34-17)31(11)18(33)27-14-5-15(32-26-8-16(21)30-32)12(4-13(14)22)20(23,24)25/h4-5,8-9,11H,3,6-7H2,1-2H3,(H,27,33)/t9-,11-,19+/m1/s1. The summed E-state index contributed by atoms with van der Waals surface area (Å²) in [4.78, 5) is 15.4. The predicted octanol–water partition coefficient (Wildman–Crippen LogP) is 4.70. The number of alkyl halides is 3. The molecule has 1 aromatic carbocycles. The van der Waals surface area contributed by atoms with Gasteiger partial charge in [0.05, 0.1) is 17.4 Å². The van der Waals surface area contributed by atoms with Crippen molar-refractivity contribution in [1.82, 2.24) is 30.1 Å². The van der Waals surface area contributed by atoms with Crippen LogP contribution in [0.1, 0.15) is 43.5 Å². The molecule has 1 aliphatic carbocycles. The number of piperidine rings is 1. The van der Waals surface area contributed by atoms with Gasteiger partial charge in [-0.15, -0.1) is 20.1 Å². The van der Waals surface area contributed by atoms with Crippen LogP contribution in [-0.4, -0.2) is 42.2 Å². The number of urea groups is 1. The Bertz CT molecular complexity index is 1280. The van der Waals surface area contributed by atoms with Gasteiger partial charge in [0, 0.05) is 19.4 Å². The van der Waals surface area contributed by atoms with Gasteiger partial charge < -0.3 is 14.6 Å². The number of benzene rings is 1. The normalized spacial score (nSPS) is 24.1. The molecule has 2 bridgehead atoms. The molecule has 2 fully saturated rings. The number of amides is 2. The lowest BCUT2D eigenvalue weighted by Gasteiger charge is -2.61. The molecule has 0 unspecified atom stereocenters. The number of likely N-dealkylation sites (tertiary alicyclic amines) is 1. The number of aromatic nitrogens is 5. The first-order valence-corrected chi connectivity index (χ1v) is 10.8. The SMILES string of the molecule is Cc1nnc([C@]23C[C@H](C)C[C@H](C2)N3C(=O)Nc2cc(-n3ncc(Cl)n3)c(C(F)(F)F)cc2F)o1. The Morgan fingerprint density at radius 1 is 1.29 bits per heavy atom. The van der Waals surface area contributed by atoms with Gasteiger partial charge in [-0.2, -0.15) is 18.3 Å². The highest BCUT2D eigenvalue weighted by Crippen LogP contribution is 2.55. The molecule has 34 heavy (non-hydrogen) atoms. The zero-order valence-electron chi connectivity index (χ0n) is 17.9. The highest BCUT2D eigenvalue weighted by molar-refractivity contribution is 6.29. The number of nitrogens with zero attached hydrogens (tertiary/aromatic N) is 6. The lowest BCUT2D eigenvalue weighted by atomic mass is 9.64. The number of halogens is 5. The Balaban J connectivity index is 1.50. The molecule has 9 nitrogen and oxygen atoms in total. The van der Waals surface area contributed by atoms with E-state index in [1.165, 1.54) is 4.90 Å². The summed E-state index contributed by atoms with van der Waals surface area (Å²) in [7, 11) is 0. The van der Waals surface area contributed by atoms with Crippen molar-refractivity contribution in [3.63, 3.8) is 0 Å². The molecule has 3 aromatic rings. The molecule has 2 aliphatic rings. The molecule has 1 saturated heterocycles. The van der Waals surface area contributed by atoms with Gasteiger partial charge >= 0.3 is 12.2 Å². The van der Waals surface area contributed by atoms with E-state index in [1.54, 1.807) is 6.92 Å². The number of aryl methyl sites for hydroxylation is 1. The van der Waals surface area contributed by atoms with Crippen LogP contribution in [0.15, 0.2) is 22.7 Å². The summed E-state index contributed by atoms with van der Waals surface area (Å²) in [5, 5.41) is 17.6. The average Bonchev–Trinajstić information content (AvgIpc) is 3.36. The topological polar surface area (TPSA) is 102 Å². The first-order chi connectivity index (χ1) is 16.0. The molecule has 0 radical (unpaired) electrons. The van der Waals surface area contributed by atoms with Crippen LogP contribution in [0.5, 0.6) is 0 Å². The molecule has 2 amide bonds. The van der Waals surface area contributed by atoms with E-state index >= 15 is 0 Å². The van der Waals surface area contributed by atoms with E-state index < -0.39 is 40.5 Å². The molecule has 5 rings (SSSR count). The van der Waals surface area contributed by atoms with E-state index in [0.29, 0.717) is 29.6 Å². The Labute approximate surface area is 195 Å². The lowest BCUT2D eigenvalue weighted by Crippen LogP contribution is -2.70. The van der Waals surface area contributed by atoms with Crippen LogP contribution in [0.4, 0.5) is 28.0 Å². The maximum atomic E-state index is 14.8. The summed E-state index contributed by atoms with van der Waals surface area (Å²) < 4.78 is 61.0. The number of hydrogen-bond acceptors (Lipinski definition) is 6. The van der Waals surface area contributed by atoms with E-state index in [-0.39, 0.29) is 23.0 Å². The van der Waals surface area contributed by atoms with Crippen molar-refractivity contribution in [3.05, 3.63) is 46.6 Å². The zero-order valence-corrected chi connectivity index (χ0v) is 18.7. The average molecular weight is 500 g/mol. The minimum atomic E-state index is -4.90. The van der Waals surface area contributed by atoms with Gasteiger partial charge in [0.15, 0.2) is 5.15 Å².